The molecule has 7 nitrogen and oxygen atoms in total. The van der Waals surface area contributed by atoms with E-state index in [1.165, 1.54) is 9.21 Å². The van der Waals surface area contributed by atoms with Gasteiger partial charge < -0.3 is 10.0 Å². The number of rotatable bonds is 7. The molecule has 0 spiro atoms. The predicted molar refractivity (Wildman–Crippen MR) is 73.6 cm³/mol. The lowest BCUT2D eigenvalue weighted by atomic mass is 10.2. The lowest BCUT2D eigenvalue weighted by Crippen LogP contribution is -2.40. The van der Waals surface area contributed by atoms with Crippen LogP contribution in [0.25, 0.3) is 0 Å². The van der Waals surface area contributed by atoms with E-state index in [0.29, 0.717) is 19.5 Å². The molecule has 8 heteroatoms. The van der Waals surface area contributed by atoms with Crippen LogP contribution in [0.2, 0.25) is 0 Å². The molecule has 1 aliphatic rings. The van der Waals surface area contributed by atoms with Gasteiger partial charge in [-0.15, -0.1) is 0 Å². The van der Waals surface area contributed by atoms with Gasteiger partial charge in [-0.05, 0) is 12.3 Å². The second-order valence-electron chi connectivity index (χ2n) is 5.38. The van der Waals surface area contributed by atoms with Gasteiger partial charge in [0, 0.05) is 26.1 Å². The van der Waals surface area contributed by atoms with E-state index in [1.807, 2.05) is 13.8 Å². The van der Waals surface area contributed by atoms with Gasteiger partial charge in [0.25, 0.3) is 0 Å². The van der Waals surface area contributed by atoms with Crippen molar-refractivity contribution in [3.8, 4) is 0 Å². The molecule has 0 saturated carbocycles. The number of hydrogen-bond donors (Lipinski definition) is 1. The first-order chi connectivity index (χ1) is 9.22. The van der Waals surface area contributed by atoms with E-state index in [4.69, 9.17) is 5.11 Å². The Kier molecular flexibility index (Phi) is 5.94. The summed E-state index contributed by atoms with van der Waals surface area (Å²) in [7, 11) is -3.21. The van der Waals surface area contributed by atoms with E-state index in [1.54, 1.807) is 0 Å². The highest BCUT2D eigenvalue weighted by molar-refractivity contribution is 7.89. The Labute approximate surface area is 119 Å². The molecule has 1 saturated heterocycles. The molecule has 0 atom stereocenters. The van der Waals surface area contributed by atoms with Crippen LogP contribution in [0.3, 0.4) is 0 Å². The molecule has 1 N–H and O–H groups in total. The highest BCUT2D eigenvalue weighted by atomic mass is 32.2. The van der Waals surface area contributed by atoms with Crippen molar-refractivity contribution >= 4 is 21.9 Å². The molecule has 1 fully saturated rings. The average molecular weight is 306 g/mol. The molecule has 0 aliphatic carbocycles. The number of amides is 1. The molecule has 0 radical (unpaired) electrons. The van der Waals surface area contributed by atoms with Gasteiger partial charge in [-0.25, -0.2) is 12.7 Å². The molecule has 0 aromatic heterocycles. The van der Waals surface area contributed by atoms with E-state index < -0.39 is 16.0 Å². The minimum atomic E-state index is -3.21. The molecule has 0 unspecified atom stereocenters. The van der Waals surface area contributed by atoms with Crippen LogP contribution in [-0.4, -0.2) is 66.5 Å². The van der Waals surface area contributed by atoms with Crippen LogP contribution in [0.5, 0.6) is 0 Å². The Morgan fingerprint density at radius 3 is 2.45 bits per heavy atom. The van der Waals surface area contributed by atoms with Crippen molar-refractivity contribution in [1.82, 2.24) is 9.21 Å². The quantitative estimate of drug-likeness (QED) is 0.713. The highest BCUT2D eigenvalue weighted by Crippen LogP contribution is 2.14. The van der Waals surface area contributed by atoms with Crippen LogP contribution in [0.4, 0.5) is 0 Å². The zero-order valence-electron chi connectivity index (χ0n) is 11.9. The van der Waals surface area contributed by atoms with Crippen molar-refractivity contribution in [2.24, 2.45) is 5.92 Å². The lowest BCUT2D eigenvalue weighted by molar-refractivity contribution is -0.144. The summed E-state index contributed by atoms with van der Waals surface area (Å²) in [6.07, 6.45) is 0.612. The minimum Gasteiger partial charge on any atom is -0.480 e. The van der Waals surface area contributed by atoms with Gasteiger partial charge in [-0.1, -0.05) is 13.8 Å². The fourth-order valence-electron chi connectivity index (χ4n) is 2.18. The number of sulfonamides is 1. The maximum atomic E-state index is 12.0. The summed E-state index contributed by atoms with van der Waals surface area (Å²) >= 11 is 0. The van der Waals surface area contributed by atoms with E-state index in [-0.39, 0.29) is 37.1 Å². The Morgan fingerprint density at radius 1 is 1.35 bits per heavy atom. The van der Waals surface area contributed by atoms with Crippen LogP contribution in [0.1, 0.15) is 26.7 Å². The first kappa shape index (κ1) is 16.9. The van der Waals surface area contributed by atoms with Crippen molar-refractivity contribution < 1.29 is 23.1 Å². The number of carboxylic acids is 1. The number of aliphatic carboxylic acids is 1. The normalized spacial score (nSPS) is 18.4. The first-order valence-corrected chi connectivity index (χ1v) is 8.30. The Bertz CT molecular complexity index is 460. The van der Waals surface area contributed by atoms with Crippen LogP contribution < -0.4 is 0 Å². The summed E-state index contributed by atoms with van der Waals surface area (Å²) in [5, 5.41) is 8.81. The Morgan fingerprint density at radius 2 is 2.00 bits per heavy atom. The fourth-order valence-corrected chi connectivity index (χ4v) is 3.71. The number of nitrogens with zero attached hydrogens (tertiary/aromatic N) is 2. The molecule has 116 valence electrons. The molecule has 20 heavy (non-hydrogen) atoms. The van der Waals surface area contributed by atoms with Crippen LogP contribution in [0, 0.1) is 5.92 Å². The molecule has 1 amide bonds. The van der Waals surface area contributed by atoms with E-state index in [2.05, 4.69) is 0 Å². The molecule has 1 heterocycles. The van der Waals surface area contributed by atoms with Gasteiger partial charge >= 0.3 is 5.97 Å². The van der Waals surface area contributed by atoms with Gasteiger partial charge in [-0.2, -0.15) is 0 Å². The third kappa shape index (κ3) is 5.09. The second kappa shape index (κ2) is 7.03. The van der Waals surface area contributed by atoms with Crippen LogP contribution in [-0.2, 0) is 19.6 Å². The van der Waals surface area contributed by atoms with Crippen molar-refractivity contribution in [1.29, 1.82) is 0 Å². The van der Waals surface area contributed by atoms with Crippen LogP contribution >= 0.6 is 0 Å². The van der Waals surface area contributed by atoms with Gasteiger partial charge in [0.15, 0.2) is 0 Å². The van der Waals surface area contributed by atoms with E-state index >= 15 is 0 Å². The maximum Gasteiger partial charge on any atom is 0.323 e. The Balaban J connectivity index is 2.55. The third-order valence-electron chi connectivity index (χ3n) is 3.04. The van der Waals surface area contributed by atoms with Gasteiger partial charge in [-0.3, -0.25) is 9.59 Å². The zero-order valence-corrected chi connectivity index (χ0v) is 12.7. The van der Waals surface area contributed by atoms with Crippen molar-refractivity contribution in [3.05, 3.63) is 0 Å². The second-order valence-corrected chi connectivity index (χ2v) is 7.47. The number of carbonyl (C=O) groups is 2. The summed E-state index contributed by atoms with van der Waals surface area (Å²) in [5.41, 5.74) is 0. The van der Waals surface area contributed by atoms with Crippen molar-refractivity contribution in [3.63, 3.8) is 0 Å². The van der Waals surface area contributed by atoms with E-state index in [0.717, 1.165) is 0 Å². The number of hydrogen-bond acceptors (Lipinski definition) is 4. The summed E-state index contributed by atoms with van der Waals surface area (Å²) in [6.45, 7) is 4.38. The zero-order chi connectivity index (χ0) is 15.3. The largest absolute Gasteiger partial charge is 0.480 e. The monoisotopic (exact) mass is 306 g/mol. The lowest BCUT2D eigenvalue weighted by Gasteiger charge is -2.23. The first-order valence-electron chi connectivity index (χ1n) is 6.70. The van der Waals surface area contributed by atoms with Crippen LogP contribution in [0.15, 0.2) is 0 Å². The summed E-state index contributed by atoms with van der Waals surface area (Å²) in [6, 6.07) is 0. The third-order valence-corrected chi connectivity index (χ3v) is 5.00. The number of carboxylic acid groups (broad SMARTS) is 1. The maximum absolute atomic E-state index is 12.0. The molecule has 0 aromatic rings. The molecular formula is C12H22N2O5S. The van der Waals surface area contributed by atoms with Gasteiger partial charge in [0.05, 0.1) is 5.75 Å². The minimum absolute atomic E-state index is 0.0270. The standard InChI is InChI=1S/C12H22N2O5S/c1-10(2)8-13(9-12(16)17)11(15)4-6-14-5-3-7-20(14,18)19/h10H,3-9H2,1-2H3,(H,16,17). The summed E-state index contributed by atoms with van der Waals surface area (Å²) in [4.78, 5) is 24.1. The Hall–Kier alpha value is -1.15. The molecule has 1 aliphatic heterocycles. The van der Waals surface area contributed by atoms with Crippen molar-refractivity contribution in [2.45, 2.75) is 26.7 Å². The smallest absolute Gasteiger partial charge is 0.323 e. The van der Waals surface area contributed by atoms with Gasteiger partial charge in [0.2, 0.25) is 15.9 Å². The van der Waals surface area contributed by atoms with Crippen molar-refractivity contribution in [2.75, 3.05) is 31.9 Å². The predicted octanol–water partition coefficient (Wildman–Crippen LogP) is -0.0188. The summed E-state index contributed by atoms with van der Waals surface area (Å²) < 4.78 is 24.5. The topological polar surface area (TPSA) is 95.0 Å². The highest BCUT2D eigenvalue weighted by Gasteiger charge is 2.29. The molecule has 0 bridgehead atoms. The number of carbonyl (C=O) groups excluding carboxylic acids is 1. The average Bonchev–Trinajstić information content (AvgIpc) is 2.63. The summed E-state index contributed by atoms with van der Waals surface area (Å²) in [5.74, 6) is -1.09. The van der Waals surface area contributed by atoms with E-state index in [9.17, 15) is 18.0 Å². The molecular weight excluding hydrogens is 284 g/mol. The molecule has 0 aromatic carbocycles. The molecule has 1 rings (SSSR count). The SMILES string of the molecule is CC(C)CN(CC(=O)O)C(=O)CCN1CCCS1(=O)=O. The fraction of sp³-hybridized carbons (Fsp3) is 0.833. The van der Waals surface area contributed by atoms with Gasteiger partial charge in [0.1, 0.15) is 6.54 Å².